The lowest BCUT2D eigenvalue weighted by atomic mass is 9.95. The van der Waals surface area contributed by atoms with Crippen molar-refractivity contribution >= 4 is 49.6 Å². The van der Waals surface area contributed by atoms with Crippen molar-refractivity contribution in [2.24, 2.45) is 0 Å². The molecular formula is C20H30Cl4F2N4. The molecule has 2 fully saturated rings. The van der Waals surface area contributed by atoms with Crippen LogP contribution in [0.4, 0.5) is 8.78 Å². The first-order valence-corrected chi connectivity index (χ1v) is 9.52. The highest BCUT2D eigenvalue weighted by atomic mass is 35.5. The second-order valence-corrected chi connectivity index (χ2v) is 7.45. The average molecular weight is 506 g/mol. The number of benzene rings is 1. The van der Waals surface area contributed by atoms with Crippen molar-refractivity contribution in [3.8, 4) is 11.3 Å². The number of rotatable bonds is 5. The highest BCUT2D eigenvalue weighted by Gasteiger charge is 2.30. The van der Waals surface area contributed by atoms with E-state index in [1.165, 1.54) is 12.5 Å². The average Bonchev–Trinajstić information content (AvgIpc) is 3.00. The number of nitrogens with zero attached hydrogens (tertiary/aromatic N) is 3. The molecule has 0 bridgehead atoms. The van der Waals surface area contributed by atoms with E-state index in [0.29, 0.717) is 12.1 Å². The molecule has 1 N–H and O–H groups in total. The van der Waals surface area contributed by atoms with E-state index in [2.05, 4.69) is 14.8 Å². The third kappa shape index (κ3) is 6.44. The van der Waals surface area contributed by atoms with Crippen molar-refractivity contribution in [3.05, 3.63) is 41.6 Å². The fourth-order valence-electron chi connectivity index (χ4n) is 3.81. The molecule has 3 heterocycles. The summed E-state index contributed by atoms with van der Waals surface area (Å²) < 4.78 is 30.3. The monoisotopic (exact) mass is 504 g/mol. The standard InChI is InChI=1S/C20H26F2N4.4ClH/c1-14-11-15(3-4-17(14)21)19-13-26(10-9-25-7-2-8-25)20(24-19)16-5-6-23-12-18(16)22;;;;/h3-4,11,13,16,18,23H,2,5-10,12H2,1H3;4*1H. The Hall–Kier alpha value is -0.630. The van der Waals surface area contributed by atoms with Gasteiger partial charge in [0.25, 0.3) is 0 Å². The van der Waals surface area contributed by atoms with Gasteiger partial charge in [-0.2, -0.15) is 0 Å². The molecule has 0 radical (unpaired) electrons. The molecule has 2 aromatic rings. The number of imidazole rings is 1. The summed E-state index contributed by atoms with van der Waals surface area (Å²) in [6.07, 6.45) is 3.11. The van der Waals surface area contributed by atoms with Crippen molar-refractivity contribution in [2.45, 2.75) is 38.4 Å². The molecule has 2 aliphatic heterocycles. The summed E-state index contributed by atoms with van der Waals surface area (Å²) in [6, 6.07) is 5.05. The van der Waals surface area contributed by atoms with Gasteiger partial charge in [0, 0.05) is 31.4 Å². The van der Waals surface area contributed by atoms with Crippen LogP contribution in [-0.2, 0) is 6.54 Å². The van der Waals surface area contributed by atoms with Crippen molar-refractivity contribution in [2.75, 3.05) is 32.7 Å². The third-order valence-electron chi connectivity index (χ3n) is 5.61. The molecule has 0 saturated carbocycles. The minimum atomic E-state index is -0.920. The summed E-state index contributed by atoms with van der Waals surface area (Å²) in [5, 5.41) is 3.11. The zero-order valence-electron chi connectivity index (χ0n) is 16.9. The van der Waals surface area contributed by atoms with E-state index in [4.69, 9.17) is 4.98 Å². The first kappa shape index (κ1) is 29.4. The molecule has 0 aliphatic carbocycles. The van der Waals surface area contributed by atoms with Gasteiger partial charge in [-0.1, -0.05) is 0 Å². The van der Waals surface area contributed by atoms with Crippen molar-refractivity contribution in [3.63, 3.8) is 0 Å². The molecule has 2 aliphatic rings. The second-order valence-electron chi connectivity index (χ2n) is 7.45. The van der Waals surface area contributed by atoms with E-state index in [9.17, 15) is 8.78 Å². The Labute approximate surface area is 201 Å². The summed E-state index contributed by atoms with van der Waals surface area (Å²) in [7, 11) is 0. The van der Waals surface area contributed by atoms with E-state index >= 15 is 0 Å². The molecule has 2 atom stereocenters. The molecule has 0 spiro atoms. The molecule has 1 aromatic heterocycles. The molecule has 10 heteroatoms. The van der Waals surface area contributed by atoms with E-state index in [1.807, 2.05) is 12.3 Å². The van der Waals surface area contributed by atoms with Gasteiger partial charge in [0.2, 0.25) is 0 Å². The van der Waals surface area contributed by atoms with E-state index in [0.717, 1.165) is 56.2 Å². The Morgan fingerprint density at radius 2 is 1.87 bits per heavy atom. The summed E-state index contributed by atoms with van der Waals surface area (Å²) >= 11 is 0. The van der Waals surface area contributed by atoms with Crippen LogP contribution in [0.5, 0.6) is 0 Å². The van der Waals surface area contributed by atoms with Gasteiger partial charge in [0.05, 0.1) is 11.6 Å². The Kier molecular flexibility index (Phi) is 12.8. The number of nitrogens with one attached hydrogen (secondary N) is 1. The molecule has 2 unspecified atom stereocenters. The van der Waals surface area contributed by atoms with Gasteiger partial charge in [-0.3, -0.25) is 0 Å². The maximum absolute atomic E-state index is 14.5. The molecule has 0 amide bonds. The van der Waals surface area contributed by atoms with Gasteiger partial charge in [-0.15, -0.1) is 49.6 Å². The minimum Gasteiger partial charge on any atom is -0.333 e. The zero-order chi connectivity index (χ0) is 18.1. The van der Waals surface area contributed by atoms with Crippen LogP contribution < -0.4 is 5.32 Å². The van der Waals surface area contributed by atoms with Crippen LogP contribution in [0.1, 0.15) is 30.1 Å². The predicted molar refractivity (Wildman–Crippen MR) is 128 cm³/mol. The highest BCUT2D eigenvalue weighted by molar-refractivity contribution is 5.86. The van der Waals surface area contributed by atoms with Gasteiger partial charge in [-0.25, -0.2) is 13.8 Å². The number of hydrogen-bond acceptors (Lipinski definition) is 3. The SMILES string of the molecule is Cc1cc(-c2cn(CCN3CCC3)c(C3CCNCC3F)n2)ccc1F.Cl.Cl.Cl.Cl. The zero-order valence-corrected chi connectivity index (χ0v) is 20.1. The number of likely N-dealkylation sites (tertiary alicyclic amines) is 1. The quantitative estimate of drug-likeness (QED) is 0.633. The second kappa shape index (κ2) is 13.0. The maximum Gasteiger partial charge on any atom is 0.126 e. The lowest BCUT2D eigenvalue weighted by Gasteiger charge is -2.31. The molecule has 172 valence electrons. The molecule has 4 nitrogen and oxygen atoms in total. The van der Waals surface area contributed by atoms with E-state index in [1.54, 1.807) is 13.0 Å². The first-order valence-electron chi connectivity index (χ1n) is 9.52. The van der Waals surface area contributed by atoms with Gasteiger partial charge in [0.1, 0.15) is 17.8 Å². The van der Waals surface area contributed by atoms with Gasteiger partial charge in [-0.05, 0) is 63.2 Å². The van der Waals surface area contributed by atoms with Crippen molar-refractivity contribution < 1.29 is 8.78 Å². The minimum absolute atomic E-state index is 0. The van der Waals surface area contributed by atoms with Crippen LogP contribution in [0, 0.1) is 12.7 Å². The third-order valence-corrected chi connectivity index (χ3v) is 5.61. The maximum atomic E-state index is 14.5. The fraction of sp³-hybridized carbons (Fsp3) is 0.550. The summed E-state index contributed by atoms with van der Waals surface area (Å²) in [4.78, 5) is 7.20. The van der Waals surface area contributed by atoms with Crippen molar-refractivity contribution in [1.29, 1.82) is 0 Å². The largest absolute Gasteiger partial charge is 0.333 e. The summed E-state index contributed by atoms with van der Waals surface area (Å²) in [5.41, 5.74) is 2.29. The van der Waals surface area contributed by atoms with E-state index < -0.39 is 6.17 Å². The highest BCUT2D eigenvalue weighted by Crippen LogP contribution is 2.30. The Morgan fingerprint density at radius 3 is 2.47 bits per heavy atom. The molecule has 4 rings (SSSR count). The number of hydrogen-bond donors (Lipinski definition) is 1. The number of halogens is 6. The topological polar surface area (TPSA) is 33.1 Å². The van der Waals surface area contributed by atoms with Gasteiger partial charge < -0.3 is 14.8 Å². The van der Waals surface area contributed by atoms with Crippen LogP contribution in [-0.4, -0.2) is 53.3 Å². The van der Waals surface area contributed by atoms with Crippen LogP contribution in [0.2, 0.25) is 0 Å². The molecular weight excluding hydrogens is 476 g/mol. The lowest BCUT2D eigenvalue weighted by molar-refractivity contribution is 0.171. The van der Waals surface area contributed by atoms with Crippen LogP contribution in [0.3, 0.4) is 0 Å². The fourth-order valence-corrected chi connectivity index (χ4v) is 3.81. The van der Waals surface area contributed by atoms with Crippen LogP contribution in [0.25, 0.3) is 11.3 Å². The predicted octanol–water partition coefficient (Wildman–Crippen LogP) is 4.81. The smallest absolute Gasteiger partial charge is 0.126 e. The Balaban J connectivity index is 0.00000210. The summed E-state index contributed by atoms with van der Waals surface area (Å²) in [5.74, 6) is 0.438. The van der Waals surface area contributed by atoms with Crippen LogP contribution >= 0.6 is 49.6 Å². The number of alkyl halides is 1. The van der Waals surface area contributed by atoms with Crippen LogP contribution in [0.15, 0.2) is 24.4 Å². The van der Waals surface area contributed by atoms with Crippen molar-refractivity contribution in [1.82, 2.24) is 19.8 Å². The number of aromatic nitrogens is 2. The normalized spacial score (nSPS) is 20.6. The Bertz CT molecular complexity index is 786. The lowest BCUT2D eigenvalue weighted by Crippen LogP contribution is -2.40. The summed E-state index contributed by atoms with van der Waals surface area (Å²) in [6.45, 7) is 7.03. The Morgan fingerprint density at radius 1 is 1.13 bits per heavy atom. The number of aryl methyl sites for hydroxylation is 1. The van der Waals surface area contributed by atoms with E-state index in [-0.39, 0.29) is 61.4 Å². The molecule has 1 aromatic carbocycles. The first-order chi connectivity index (χ1) is 12.6. The van der Waals surface area contributed by atoms with Gasteiger partial charge >= 0.3 is 0 Å². The molecule has 2 saturated heterocycles. The molecule has 30 heavy (non-hydrogen) atoms. The van der Waals surface area contributed by atoms with Gasteiger partial charge in [0.15, 0.2) is 0 Å². The number of piperidine rings is 1.